The number of likely N-dealkylation sites (tertiary alicyclic amines) is 1. The van der Waals surface area contributed by atoms with Crippen LogP contribution in [0.3, 0.4) is 0 Å². The lowest BCUT2D eigenvalue weighted by atomic mass is 9.83. The molecule has 0 spiro atoms. The Hall–Kier alpha value is -2.27. The van der Waals surface area contributed by atoms with Crippen LogP contribution in [0.5, 0.6) is 0 Å². The van der Waals surface area contributed by atoms with E-state index in [1.54, 1.807) is 7.05 Å². The van der Waals surface area contributed by atoms with Gasteiger partial charge in [-0.15, -0.1) is 0 Å². The van der Waals surface area contributed by atoms with Gasteiger partial charge in [0.2, 0.25) is 5.91 Å². The van der Waals surface area contributed by atoms with Gasteiger partial charge in [0.15, 0.2) is 0 Å². The van der Waals surface area contributed by atoms with Gasteiger partial charge in [0.1, 0.15) is 0 Å². The van der Waals surface area contributed by atoms with Gasteiger partial charge in [-0.1, -0.05) is 25.1 Å². The molecule has 2 fully saturated rings. The number of aliphatic imine (C=N–C) groups is 1. The van der Waals surface area contributed by atoms with Crippen molar-refractivity contribution in [2.45, 2.75) is 44.1 Å². The lowest BCUT2D eigenvalue weighted by molar-refractivity contribution is -0.133. The highest BCUT2D eigenvalue weighted by molar-refractivity contribution is 5.99. The summed E-state index contributed by atoms with van der Waals surface area (Å²) >= 11 is 0. The second-order valence-electron chi connectivity index (χ2n) is 8.41. The Kier molecular flexibility index (Phi) is 4.72. The van der Waals surface area contributed by atoms with Gasteiger partial charge in [-0.3, -0.25) is 14.8 Å². The summed E-state index contributed by atoms with van der Waals surface area (Å²) in [6, 6.07) is 8.41. The summed E-state index contributed by atoms with van der Waals surface area (Å²) in [5.74, 6) is 1.01. The van der Waals surface area contributed by atoms with E-state index >= 15 is 0 Å². The van der Waals surface area contributed by atoms with Crippen molar-refractivity contribution >= 4 is 23.0 Å². The maximum atomic E-state index is 12.8. The molecule has 2 heterocycles. The fraction of sp³-hybridized carbons (Fsp3) is 0.500. The summed E-state index contributed by atoms with van der Waals surface area (Å²) in [5, 5.41) is 1.17. The molecule has 1 aromatic carbocycles. The fourth-order valence-corrected chi connectivity index (χ4v) is 4.35. The van der Waals surface area contributed by atoms with Crippen LogP contribution in [0.25, 0.3) is 10.9 Å². The summed E-state index contributed by atoms with van der Waals surface area (Å²) in [6.45, 7) is 3.84. The molecule has 1 aromatic heterocycles. The minimum Gasteiger partial charge on any atom is -0.342 e. The van der Waals surface area contributed by atoms with E-state index in [4.69, 9.17) is 5.73 Å². The van der Waals surface area contributed by atoms with E-state index in [0.29, 0.717) is 18.3 Å². The van der Waals surface area contributed by atoms with Gasteiger partial charge >= 0.3 is 0 Å². The van der Waals surface area contributed by atoms with Crippen LogP contribution in [-0.4, -0.2) is 47.7 Å². The first-order chi connectivity index (χ1) is 13.0. The van der Waals surface area contributed by atoms with E-state index in [2.05, 4.69) is 35.1 Å². The highest BCUT2D eigenvalue weighted by Gasteiger charge is 2.42. The average molecular weight is 364 g/mol. The normalized spacial score (nSPS) is 24.5. The number of carbonyl (C=O) groups is 1. The van der Waals surface area contributed by atoms with Crippen molar-refractivity contribution < 1.29 is 4.79 Å². The summed E-state index contributed by atoms with van der Waals surface area (Å²) in [7, 11) is 1.78. The van der Waals surface area contributed by atoms with Crippen molar-refractivity contribution in [1.82, 2.24) is 9.88 Å². The predicted molar refractivity (Wildman–Crippen MR) is 109 cm³/mol. The third kappa shape index (κ3) is 3.74. The maximum Gasteiger partial charge on any atom is 0.224 e. The van der Waals surface area contributed by atoms with Gasteiger partial charge in [0, 0.05) is 61.4 Å². The molecule has 1 aliphatic carbocycles. The number of fused-ring (bicyclic) bond motifs is 1. The van der Waals surface area contributed by atoms with Gasteiger partial charge in [0.05, 0.1) is 5.52 Å². The topological polar surface area (TPSA) is 71.6 Å². The zero-order valence-corrected chi connectivity index (χ0v) is 16.2. The van der Waals surface area contributed by atoms with Crippen molar-refractivity contribution in [1.29, 1.82) is 0 Å². The number of rotatable bonds is 4. The standard InChI is InChI=1S/C22H28N4O/c1-15-10-17(14-26(13-15)20(27)11-22(23)7-8-22)18-6-5-16(12-24-2)21-19(18)4-3-9-25-21/h3-6,9,12,15,17H,7-8,10-11,13-14,23H2,1-2H3/b24-12-/t15-,17+/m1/s1. The Morgan fingerprint density at radius 1 is 1.37 bits per heavy atom. The molecule has 4 rings (SSSR count). The van der Waals surface area contributed by atoms with Crippen LogP contribution in [0.4, 0.5) is 0 Å². The lowest BCUT2D eigenvalue weighted by Crippen LogP contribution is -2.44. The highest BCUT2D eigenvalue weighted by atomic mass is 16.2. The van der Waals surface area contributed by atoms with Crippen LogP contribution in [0.1, 0.15) is 49.7 Å². The van der Waals surface area contributed by atoms with Crippen molar-refractivity contribution in [3.63, 3.8) is 0 Å². The second-order valence-corrected chi connectivity index (χ2v) is 8.41. The molecule has 1 saturated heterocycles. The number of hydrogen-bond donors (Lipinski definition) is 1. The van der Waals surface area contributed by atoms with E-state index in [9.17, 15) is 4.79 Å². The van der Waals surface area contributed by atoms with Crippen LogP contribution in [0.15, 0.2) is 35.5 Å². The number of pyridine rings is 1. The molecule has 0 bridgehead atoms. The Labute approximate surface area is 160 Å². The third-order valence-corrected chi connectivity index (χ3v) is 5.95. The first kappa shape index (κ1) is 18.1. The molecule has 2 atom stereocenters. The van der Waals surface area contributed by atoms with Gasteiger partial charge in [0.25, 0.3) is 0 Å². The van der Waals surface area contributed by atoms with E-state index in [1.807, 2.05) is 23.4 Å². The molecule has 1 amide bonds. The van der Waals surface area contributed by atoms with Gasteiger partial charge in [-0.05, 0) is 36.8 Å². The lowest BCUT2D eigenvalue weighted by Gasteiger charge is -2.37. The first-order valence-corrected chi connectivity index (χ1v) is 9.85. The number of piperidine rings is 1. The molecular weight excluding hydrogens is 336 g/mol. The summed E-state index contributed by atoms with van der Waals surface area (Å²) in [4.78, 5) is 23.6. The van der Waals surface area contributed by atoms with Crippen molar-refractivity contribution in [2.24, 2.45) is 16.6 Å². The number of aromatic nitrogens is 1. The first-order valence-electron chi connectivity index (χ1n) is 9.85. The SMILES string of the molecule is C/N=C\c1ccc([C@H]2C[C@@H](C)CN(C(=O)CC3(N)CC3)C2)c2cccnc12. The number of nitrogens with two attached hydrogens (primary N) is 1. The summed E-state index contributed by atoms with van der Waals surface area (Å²) < 4.78 is 0. The zero-order valence-electron chi connectivity index (χ0n) is 16.2. The quantitative estimate of drug-likeness (QED) is 0.847. The Morgan fingerprint density at radius 2 is 2.19 bits per heavy atom. The molecule has 0 unspecified atom stereocenters. The molecule has 2 aliphatic rings. The number of hydrogen-bond acceptors (Lipinski definition) is 4. The molecule has 1 aliphatic heterocycles. The molecule has 2 N–H and O–H groups in total. The van der Waals surface area contributed by atoms with Crippen molar-refractivity contribution in [3.05, 3.63) is 41.6 Å². The second kappa shape index (κ2) is 7.04. The molecule has 5 nitrogen and oxygen atoms in total. The minimum absolute atomic E-state index is 0.212. The van der Waals surface area contributed by atoms with Crippen LogP contribution in [0.2, 0.25) is 0 Å². The number of carbonyl (C=O) groups excluding carboxylic acids is 1. The van der Waals surface area contributed by atoms with E-state index in [1.165, 1.54) is 10.9 Å². The largest absolute Gasteiger partial charge is 0.342 e. The maximum absolute atomic E-state index is 12.8. The predicted octanol–water partition coefficient (Wildman–Crippen LogP) is 3.12. The van der Waals surface area contributed by atoms with Crippen LogP contribution < -0.4 is 5.73 Å². The third-order valence-electron chi connectivity index (χ3n) is 5.95. The molecule has 142 valence electrons. The minimum atomic E-state index is -0.231. The Bertz CT molecular complexity index is 887. The molecule has 5 heteroatoms. The van der Waals surface area contributed by atoms with Gasteiger partial charge in [-0.2, -0.15) is 0 Å². The number of amides is 1. The Morgan fingerprint density at radius 3 is 2.93 bits per heavy atom. The Balaban J connectivity index is 1.64. The summed E-state index contributed by atoms with van der Waals surface area (Å²) in [6.07, 6.45) is 7.21. The molecule has 27 heavy (non-hydrogen) atoms. The van der Waals surface area contributed by atoms with E-state index in [0.717, 1.165) is 43.4 Å². The molecule has 0 radical (unpaired) electrons. The molecule has 2 aromatic rings. The number of nitrogens with zero attached hydrogens (tertiary/aromatic N) is 3. The van der Waals surface area contributed by atoms with Crippen molar-refractivity contribution in [3.8, 4) is 0 Å². The number of benzene rings is 1. The van der Waals surface area contributed by atoms with E-state index in [-0.39, 0.29) is 11.4 Å². The summed E-state index contributed by atoms with van der Waals surface area (Å²) in [5.41, 5.74) is 9.25. The fourth-order valence-electron chi connectivity index (χ4n) is 4.35. The van der Waals surface area contributed by atoms with Crippen LogP contribution in [0, 0.1) is 5.92 Å². The van der Waals surface area contributed by atoms with E-state index < -0.39 is 0 Å². The van der Waals surface area contributed by atoms with Gasteiger partial charge in [-0.25, -0.2) is 0 Å². The molecule has 1 saturated carbocycles. The van der Waals surface area contributed by atoms with Gasteiger partial charge < -0.3 is 10.6 Å². The van der Waals surface area contributed by atoms with Crippen LogP contribution in [-0.2, 0) is 4.79 Å². The average Bonchev–Trinajstić information content (AvgIpc) is 3.38. The monoisotopic (exact) mass is 364 g/mol. The molecular formula is C22H28N4O. The highest BCUT2D eigenvalue weighted by Crippen LogP contribution is 2.38. The zero-order chi connectivity index (χ0) is 19.0. The van der Waals surface area contributed by atoms with Crippen LogP contribution >= 0.6 is 0 Å². The van der Waals surface area contributed by atoms with Crippen molar-refractivity contribution in [2.75, 3.05) is 20.1 Å². The smallest absolute Gasteiger partial charge is 0.224 e.